The quantitative estimate of drug-likeness (QED) is 0.688. The summed E-state index contributed by atoms with van der Waals surface area (Å²) in [6.07, 6.45) is 3.00. The molecule has 0 bridgehead atoms. The number of aromatic nitrogens is 3. The number of rotatable bonds is 3. The molecule has 0 spiro atoms. The first-order valence-electron chi connectivity index (χ1n) is 9.05. The zero-order valence-corrected chi connectivity index (χ0v) is 16.4. The van der Waals surface area contributed by atoms with Crippen molar-refractivity contribution in [2.75, 3.05) is 6.54 Å². The minimum absolute atomic E-state index is 0.00181. The minimum atomic E-state index is -0.00181. The van der Waals surface area contributed by atoms with Gasteiger partial charge >= 0.3 is 0 Å². The Balaban J connectivity index is 1.49. The van der Waals surface area contributed by atoms with Crippen molar-refractivity contribution < 1.29 is 0 Å². The first-order valence-corrected chi connectivity index (χ1v) is 9.99. The van der Waals surface area contributed by atoms with Crippen molar-refractivity contribution in [3.05, 3.63) is 64.0 Å². The van der Waals surface area contributed by atoms with Crippen LogP contribution < -0.4 is 0 Å². The third-order valence-corrected chi connectivity index (χ3v) is 5.38. The van der Waals surface area contributed by atoms with Crippen LogP contribution in [0.5, 0.6) is 0 Å². The van der Waals surface area contributed by atoms with Gasteiger partial charge in [0.1, 0.15) is 5.82 Å². The fraction of sp³-hybridized carbons (Fsp3) is 0.381. The summed E-state index contributed by atoms with van der Waals surface area (Å²) in [7, 11) is 0. The second kappa shape index (κ2) is 6.89. The van der Waals surface area contributed by atoms with Crippen LogP contribution >= 0.6 is 11.3 Å². The van der Waals surface area contributed by atoms with Gasteiger partial charge in [0.05, 0.1) is 11.4 Å². The van der Waals surface area contributed by atoms with E-state index >= 15 is 0 Å². The Kier molecular flexibility index (Phi) is 4.59. The number of hydrogen-bond donors (Lipinski definition) is 0. The van der Waals surface area contributed by atoms with E-state index in [4.69, 9.17) is 9.97 Å². The smallest absolute Gasteiger partial charge is 0.133 e. The molecule has 0 N–H and O–H groups in total. The molecule has 1 aliphatic rings. The van der Waals surface area contributed by atoms with Gasteiger partial charge in [-0.1, -0.05) is 26.8 Å². The monoisotopic (exact) mass is 364 g/mol. The van der Waals surface area contributed by atoms with E-state index in [-0.39, 0.29) is 5.41 Å². The van der Waals surface area contributed by atoms with Crippen LogP contribution in [0.25, 0.3) is 11.3 Å². The third kappa shape index (κ3) is 3.69. The molecule has 5 heteroatoms. The third-order valence-electron chi connectivity index (χ3n) is 4.69. The van der Waals surface area contributed by atoms with Crippen LogP contribution in [0.15, 0.2) is 41.2 Å². The van der Waals surface area contributed by atoms with Crippen molar-refractivity contribution in [1.82, 2.24) is 19.9 Å². The summed E-state index contributed by atoms with van der Waals surface area (Å²) in [5.41, 5.74) is 5.82. The molecule has 0 aromatic carbocycles. The number of nitrogens with zero attached hydrogens (tertiary/aromatic N) is 4. The van der Waals surface area contributed by atoms with Crippen molar-refractivity contribution in [3.8, 4) is 11.3 Å². The summed E-state index contributed by atoms with van der Waals surface area (Å²) in [6, 6.07) is 8.42. The second-order valence-electron chi connectivity index (χ2n) is 7.90. The fourth-order valence-corrected chi connectivity index (χ4v) is 3.89. The van der Waals surface area contributed by atoms with Gasteiger partial charge in [-0.25, -0.2) is 9.97 Å². The zero-order chi connectivity index (χ0) is 18.1. The van der Waals surface area contributed by atoms with Crippen molar-refractivity contribution in [2.24, 2.45) is 0 Å². The van der Waals surface area contributed by atoms with Gasteiger partial charge < -0.3 is 0 Å². The molecule has 0 unspecified atom stereocenters. The lowest BCUT2D eigenvalue weighted by Gasteiger charge is -2.28. The van der Waals surface area contributed by atoms with Crippen LogP contribution in [0.2, 0.25) is 0 Å². The first kappa shape index (κ1) is 17.3. The number of thiophene rings is 1. The average Bonchev–Trinajstić information content (AvgIpc) is 3.15. The molecule has 3 aromatic rings. The number of fused-ring (bicyclic) bond motifs is 1. The molecule has 0 amide bonds. The Hall–Kier alpha value is -2.11. The van der Waals surface area contributed by atoms with Gasteiger partial charge in [-0.05, 0) is 23.6 Å². The maximum atomic E-state index is 4.85. The van der Waals surface area contributed by atoms with E-state index in [9.17, 15) is 0 Å². The summed E-state index contributed by atoms with van der Waals surface area (Å²) in [6.45, 7) is 9.25. The first-order chi connectivity index (χ1) is 12.5. The van der Waals surface area contributed by atoms with Crippen molar-refractivity contribution >= 4 is 11.3 Å². The Morgan fingerprint density at radius 2 is 2.04 bits per heavy atom. The molecule has 0 aliphatic carbocycles. The molecule has 3 aromatic heterocycles. The Morgan fingerprint density at radius 3 is 2.81 bits per heavy atom. The summed E-state index contributed by atoms with van der Waals surface area (Å²) in [5, 5.41) is 4.24. The Bertz CT molecular complexity index is 897. The lowest BCUT2D eigenvalue weighted by atomic mass is 9.95. The van der Waals surface area contributed by atoms with E-state index in [0.29, 0.717) is 0 Å². The van der Waals surface area contributed by atoms with Crippen LogP contribution in [0.3, 0.4) is 0 Å². The standard InChI is InChI=1S/C21H24N4S/c1-21(2,3)20-22-11-16-12-25(9-7-19(16)24-20)13-17-5-4-6-18(23-17)15-8-10-26-14-15/h4-6,8,10-11,14H,7,9,12-13H2,1-3H3. The van der Waals surface area contributed by atoms with Gasteiger partial charge in [0.15, 0.2) is 0 Å². The lowest BCUT2D eigenvalue weighted by Crippen LogP contribution is -2.32. The largest absolute Gasteiger partial charge is 0.293 e. The fourth-order valence-electron chi connectivity index (χ4n) is 3.24. The highest BCUT2D eigenvalue weighted by Crippen LogP contribution is 2.24. The summed E-state index contributed by atoms with van der Waals surface area (Å²) < 4.78 is 0. The predicted octanol–water partition coefficient (Wildman–Crippen LogP) is 4.46. The molecule has 4 nitrogen and oxygen atoms in total. The Morgan fingerprint density at radius 1 is 1.15 bits per heavy atom. The zero-order valence-electron chi connectivity index (χ0n) is 15.6. The Labute approximate surface area is 159 Å². The van der Waals surface area contributed by atoms with Crippen LogP contribution in [-0.4, -0.2) is 26.4 Å². The van der Waals surface area contributed by atoms with Crippen molar-refractivity contribution in [1.29, 1.82) is 0 Å². The highest BCUT2D eigenvalue weighted by Gasteiger charge is 2.23. The van der Waals surface area contributed by atoms with Gasteiger partial charge in [0.2, 0.25) is 0 Å². The SMILES string of the molecule is CC(C)(C)c1ncc2c(n1)CCN(Cc1cccc(-c3ccsc3)n1)C2. The maximum absolute atomic E-state index is 4.85. The highest BCUT2D eigenvalue weighted by molar-refractivity contribution is 7.08. The van der Waals surface area contributed by atoms with Crippen LogP contribution in [0.4, 0.5) is 0 Å². The second-order valence-corrected chi connectivity index (χ2v) is 8.68. The molecular formula is C21H24N4S. The van der Waals surface area contributed by atoms with Gasteiger partial charge in [-0.2, -0.15) is 11.3 Å². The lowest BCUT2D eigenvalue weighted by molar-refractivity contribution is 0.239. The van der Waals surface area contributed by atoms with Gasteiger partial charge in [-0.3, -0.25) is 9.88 Å². The molecular weight excluding hydrogens is 340 g/mol. The molecule has 1 aliphatic heterocycles. The van der Waals surface area contributed by atoms with E-state index in [1.54, 1.807) is 11.3 Å². The van der Waals surface area contributed by atoms with Gasteiger partial charge in [0, 0.05) is 59.9 Å². The van der Waals surface area contributed by atoms with E-state index in [2.05, 4.69) is 65.7 Å². The number of hydrogen-bond acceptors (Lipinski definition) is 5. The normalized spacial score (nSPS) is 15.0. The summed E-state index contributed by atoms with van der Waals surface area (Å²) >= 11 is 1.71. The molecule has 0 saturated carbocycles. The molecule has 4 rings (SSSR count). The van der Waals surface area contributed by atoms with Crippen LogP contribution in [0, 0.1) is 0 Å². The molecule has 0 atom stereocenters. The summed E-state index contributed by atoms with van der Waals surface area (Å²) in [5.74, 6) is 0.940. The highest BCUT2D eigenvalue weighted by atomic mass is 32.1. The molecule has 0 radical (unpaired) electrons. The predicted molar refractivity (Wildman–Crippen MR) is 106 cm³/mol. The molecule has 4 heterocycles. The summed E-state index contributed by atoms with van der Waals surface area (Å²) in [4.78, 5) is 16.7. The van der Waals surface area contributed by atoms with Crippen LogP contribution in [0.1, 0.15) is 43.5 Å². The van der Waals surface area contributed by atoms with Crippen molar-refractivity contribution in [2.45, 2.75) is 45.7 Å². The number of pyridine rings is 1. The van der Waals surface area contributed by atoms with E-state index < -0.39 is 0 Å². The molecule has 134 valence electrons. The molecule has 0 fully saturated rings. The average molecular weight is 365 g/mol. The minimum Gasteiger partial charge on any atom is -0.293 e. The molecule has 0 saturated heterocycles. The van der Waals surface area contributed by atoms with E-state index in [0.717, 1.165) is 43.3 Å². The maximum Gasteiger partial charge on any atom is 0.133 e. The van der Waals surface area contributed by atoms with Gasteiger partial charge in [-0.15, -0.1) is 0 Å². The van der Waals surface area contributed by atoms with E-state index in [1.165, 1.54) is 16.8 Å². The van der Waals surface area contributed by atoms with Crippen LogP contribution in [-0.2, 0) is 24.9 Å². The topological polar surface area (TPSA) is 41.9 Å². The molecule has 26 heavy (non-hydrogen) atoms. The van der Waals surface area contributed by atoms with Gasteiger partial charge in [0.25, 0.3) is 0 Å². The van der Waals surface area contributed by atoms with E-state index in [1.807, 2.05) is 6.20 Å². The van der Waals surface area contributed by atoms with Crippen molar-refractivity contribution in [3.63, 3.8) is 0 Å².